The second-order valence-corrected chi connectivity index (χ2v) is 8.69. The van der Waals surface area contributed by atoms with Gasteiger partial charge in [0.05, 0.1) is 11.5 Å². The molecule has 0 radical (unpaired) electrons. The Labute approximate surface area is 141 Å². The van der Waals surface area contributed by atoms with Crippen molar-refractivity contribution in [3.8, 4) is 0 Å². The summed E-state index contributed by atoms with van der Waals surface area (Å²) < 4.78 is 23.1. The molecule has 8 heteroatoms. The summed E-state index contributed by atoms with van der Waals surface area (Å²) in [5.74, 6) is 0.537. The molecule has 0 spiro atoms. The van der Waals surface area contributed by atoms with Gasteiger partial charge < -0.3 is 10.2 Å². The summed E-state index contributed by atoms with van der Waals surface area (Å²) in [6, 6.07) is 7.01. The van der Waals surface area contributed by atoms with Gasteiger partial charge in [0.2, 0.25) is 0 Å². The van der Waals surface area contributed by atoms with Crippen LogP contribution in [-0.4, -0.2) is 68.0 Å². The third kappa shape index (κ3) is 4.16. The number of halogens is 1. The van der Waals surface area contributed by atoms with Crippen LogP contribution in [0.25, 0.3) is 0 Å². The first-order valence-corrected chi connectivity index (χ1v) is 9.89. The Hall–Kier alpha value is -1.31. The number of hydrogen-bond donors (Lipinski definition) is 1. The van der Waals surface area contributed by atoms with Gasteiger partial charge in [-0.15, -0.1) is 0 Å². The van der Waals surface area contributed by atoms with Crippen LogP contribution in [0.15, 0.2) is 24.3 Å². The molecule has 2 saturated heterocycles. The highest BCUT2D eigenvalue weighted by molar-refractivity contribution is 7.91. The van der Waals surface area contributed by atoms with Crippen LogP contribution in [0.1, 0.15) is 6.42 Å². The number of benzene rings is 1. The molecular formula is C15H20ClN3O3S. The average Bonchev–Trinajstić information content (AvgIpc) is 2.87. The third-order valence-corrected chi connectivity index (χ3v) is 6.39. The zero-order valence-corrected chi connectivity index (χ0v) is 14.3. The lowest BCUT2D eigenvalue weighted by molar-refractivity contribution is 0.121. The van der Waals surface area contributed by atoms with E-state index in [2.05, 4.69) is 10.2 Å². The first kappa shape index (κ1) is 16.5. The van der Waals surface area contributed by atoms with Crippen molar-refractivity contribution < 1.29 is 13.2 Å². The number of urea groups is 1. The van der Waals surface area contributed by atoms with E-state index in [4.69, 9.17) is 11.6 Å². The molecule has 3 rings (SSSR count). The zero-order valence-electron chi connectivity index (χ0n) is 12.7. The first-order chi connectivity index (χ1) is 10.9. The highest BCUT2D eigenvalue weighted by Crippen LogP contribution is 2.20. The van der Waals surface area contributed by atoms with E-state index in [1.165, 1.54) is 0 Å². The zero-order chi connectivity index (χ0) is 16.4. The fourth-order valence-electron chi connectivity index (χ4n) is 3.12. The topological polar surface area (TPSA) is 69.7 Å². The molecule has 1 atom stereocenters. The second-order valence-electron chi connectivity index (χ2n) is 6.02. The van der Waals surface area contributed by atoms with Crippen molar-refractivity contribution in [1.29, 1.82) is 0 Å². The highest BCUT2D eigenvalue weighted by Gasteiger charge is 2.34. The number of carbonyl (C=O) groups is 1. The quantitative estimate of drug-likeness (QED) is 0.874. The molecule has 6 nitrogen and oxygen atoms in total. The van der Waals surface area contributed by atoms with Crippen molar-refractivity contribution in [1.82, 2.24) is 9.80 Å². The van der Waals surface area contributed by atoms with Crippen LogP contribution < -0.4 is 5.32 Å². The van der Waals surface area contributed by atoms with E-state index >= 15 is 0 Å². The molecule has 23 heavy (non-hydrogen) atoms. The van der Waals surface area contributed by atoms with Crippen molar-refractivity contribution in [2.45, 2.75) is 12.5 Å². The van der Waals surface area contributed by atoms with E-state index < -0.39 is 9.84 Å². The van der Waals surface area contributed by atoms with Gasteiger partial charge in [0, 0.05) is 42.9 Å². The van der Waals surface area contributed by atoms with Crippen LogP contribution >= 0.6 is 11.6 Å². The van der Waals surface area contributed by atoms with Crippen LogP contribution in [0, 0.1) is 0 Å². The molecule has 0 bridgehead atoms. The molecular weight excluding hydrogens is 338 g/mol. The molecule has 2 aliphatic rings. The fourth-order valence-corrected chi connectivity index (χ4v) is 5.07. The molecule has 0 unspecified atom stereocenters. The number of nitrogens with zero attached hydrogens (tertiary/aromatic N) is 2. The number of nitrogens with one attached hydrogen (secondary N) is 1. The van der Waals surface area contributed by atoms with Crippen LogP contribution in [0.4, 0.5) is 10.5 Å². The fraction of sp³-hybridized carbons (Fsp3) is 0.533. The number of anilines is 1. The van der Waals surface area contributed by atoms with E-state index in [1.54, 1.807) is 29.2 Å². The van der Waals surface area contributed by atoms with Gasteiger partial charge in [-0.3, -0.25) is 4.90 Å². The van der Waals surface area contributed by atoms with Gasteiger partial charge in [-0.1, -0.05) is 17.7 Å². The summed E-state index contributed by atoms with van der Waals surface area (Å²) in [6.45, 7) is 2.62. The Morgan fingerprint density at radius 1 is 1.22 bits per heavy atom. The Balaban J connectivity index is 1.51. The average molecular weight is 358 g/mol. The Morgan fingerprint density at radius 2 is 1.96 bits per heavy atom. The summed E-state index contributed by atoms with van der Waals surface area (Å²) in [6.07, 6.45) is 0.705. The Morgan fingerprint density at radius 3 is 2.57 bits per heavy atom. The summed E-state index contributed by atoms with van der Waals surface area (Å²) >= 11 is 5.91. The number of amides is 2. The highest BCUT2D eigenvalue weighted by atomic mass is 35.5. The number of rotatable bonds is 2. The lowest BCUT2D eigenvalue weighted by Crippen LogP contribution is -2.53. The summed E-state index contributed by atoms with van der Waals surface area (Å²) in [5.41, 5.74) is 0.673. The van der Waals surface area contributed by atoms with Gasteiger partial charge >= 0.3 is 6.03 Å². The molecule has 1 aromatic carbocycles. The van der Waals surface area contributed by atoms with Gasteiger partial charge in [0.25, 0.3) is 0 Å². The number of piperazine rings is 1. The van der Waals surface area contributed by atoms with Crippen LogP contribution in [-0.2, 0) is 9.84 Å². The van der Waals surface area contributed by atoms with E-state index in [0.717, 1.165) is 0 Å². The molecule has 0 saturated carbocycles. The number of hydrogen-bond acceptors (Lipinski definition) is 4. The van der Waals surface area contributed by atoms with Crippen molar-refractivity contribution in [2.24, 2.45) is 0 Å². The predicted molar refractivity (Wildman–Crippen MR) is 90.7 cm³/mol. The van der Waals surface area contributed by atoms with Gasteiger partial charge in [-0.05, 0) is 24.6 Å². The molecule has 2 amide bonds. The van der Waals surface area contributed by atoms with Gasteiger partial charge in [0.1, 0.15) is 0 Å². The molecule has 2 heterocycles. The third-order valence-electron chi connectivity index (χ3n) is 4.40. The van der Waals surface area contributed by atoms with E-state index in [1.807, 2.05) is 0 Å². The minimum absolute atomic E-state index is 0.109. The second kappa shape index (κ2) is 6.67. The lowest BCUT2D eigenvalue weighted by Gasteiger charge is -2.37. The van der Waals surface area contributed by atoms with Crippen molar-refractivity contribution in [3.63, 3.8) is 0 Å². The minimum atomic E-state index is -2.87. The minimum Gasteiger partial charge on any atom is -0.322 e. The monoisotopic (exact) mass is 357 g/mol. The summed E-state index contributed by atoms with van der Waals surface area (Å²) in [5, 5.41) is 3.42. The Kier molecular flexibility index (Phi) is 4.79. The van der Waals surface area contributed by atoms with Crippen LogP contribution in [0.3, 0.4) is 0 Å². The SMILES string of the molecule is O=C(Nc1cccc(Cl)c1)N1CCN([C@@H]2CCS(=O)(=O)C2)CC1. The lowest BCUT2D eigenvalue weighted by atomic mass is 10.2. The first-order valence-electron chi connectivity index (χ1n) is 7.69. The predicted octanol–water partition coefficient (Wildman–Crippen LogP) is 1.68. The van der Waals surface area contributed by atoms with Gasteiger partial charge in [-0.25, -0.2) is 13.2 Å². The standard InChI is InChI=1S/C15H20ClN3O3S/c16-12-2-1-3-13(10-12)17-15(20)19-7-5-18(6-8-19)14-4-9-23(21,22)11-14/h1-3,10,14H,4-9,11H2,(H,17,20)/t14-/m1/s1. The Bertz CT molecular complexity index is 687. The van der Waals surface area contributed by atoms with Crippen LogP contribution in [0.5, 0.6) is 0 Å². The molecule has 1 aromatic rings. The van der Waals surface area contributed by atoms with Crippen molar-refractivity contribution in [3.05, 3.63) is 29.3 Å². The van der Waals surface area contributed by atoms with E-state index in [-0.39, 0.29) is 23.6 Å². The number of carbonyl (C=O) groups excluding carboxylic acids is 1. The van der Waals surface area contributed by atoms with Crippen molar-refractivity contribution in [2.75, 3.05) is 43.0 Å². The molecule has 0 aromatic heterocycles. The molecule has 2 aliphatic heterocycles. The maximum Gasteiger partial charge on any atom is 0.321 e. The molecule has 126 valence electrons. The summed E-state index contributed by atoms with van der Waals surface area (Å²) in [4.78, 5) is 16.2. The maximum atomic E-state index is 12.3. The summed E-state index contributed by atoms with van der Waals surface area (Å²) in [7, 11) is -2.87. The smallest absolute Gasteiger partial charge is 0.321 e. The molecule has 2 fully saturated rings. The largest absolute Gasteiger partial charge is 0.322 e. The molecule has 0 aliphatic carbocycles. The van der Waals surface area contributed by atoms with Gasteiger partial charge in [0.15, 0.2) is 9.84 Å². The van der Waals surface area contributed by atoms with E-state index in [9.17, 15) is 13.2 Å². The number of sulfone groups is 1. The van der Waals surface area contributed by atoms with E-state index in [0.29, 0.717) is 43.3 Å². The molecule has 1 N–H and O–H groups in total. The van der Waals surface area contributed by atoms with Crippen LogP contribution in [0.2, 0.25) is 5.02 Å². The normalized spacial score (nSPS) is 24.6. The van der Waals surface area contributed by atoms with Crippen molar-refractivity contribution >= 4 is 33.2 Å². The maximum absolute atomic E-state index is 12.3. The van der Waals surface area contributed by atoms with Gasteiger partial charge in [-0.2, -0.15) is 0 Å².